The zero-order valence-electron chi connectivity index (χ0n) is 8.60. The highest BCUT2D eigenvalue weighted by Gasteiger charge is 2.27. The van der Waals surface area contributed by atoms with Crippen molar-refractivity contribution in [2.75, 3.05) is 0 Å². The second-order valence-electron chi connectivity index (χ2n) is 3.95. The van der Waals surface area contributed by atoms with Gasteiger partial charge in [0.1, 0.15) is 5.56 Å². The van der Waals surface area contributed by atoms with E-state index in [1.165, 1.54) is 42.7 Å². The van der Waals surface area contributed by atoms with Crippen molar-refractivity contribution < 1.29 is 3.79 Å². The van der Waals surface area contributed by atoms with Crippen LogP contribution in [0, 0.1) is 0 Å². The van der Waals surface area contributed by atoms with Crippen LogP contribution in [0.4, 0.5) is 0 Å². The quantitative estimate of drug-likeness (QED) is 0.386. The van der Waals surface area contributed by atoms with Gasteiger partial charge < -0.3 is 3.79 Å². The van der Waals surface area contributed by atoms with Gasteiger partial charge in [0, 0.05) is 0 Å². The Bertz CT molecular complexity index is 132. The maximum atomic E-state index is 5.96. The normalized spacial score (nSPS) is 23.5. The third kappa shape index (κ3) is 5.28. The summed E-state index contributed by atoms with van der Waals surface area (Å²) in [6.45, 7) is 2.25. The highest BCUT2D eigenvalue weighted by atomic mass is 35.5. The van der Waals surface area contributed by atoms with Crippen LogP contribution in [0.3, 0.4) is 0 Å². The maximum Gasteiger partial charge on any atom is 0.461 e. The van der Waals surface area contributed by atoms with Gasteiger partial charge in [0.15, 0.2) is 0 Å². The zero-order valence-corrected chi connectivity index (χ0v) is 10.5. The van der Waals surface area contributed by atoms with Crippen LogP contribution in [-0.2, 0) is 3.79 Å². The molecule has 0 radical (unpaired) electrons. The minimum atomic E-state index is -0.859. The maximum absolute atomic E-state index is 5.96. The molecule has 3 heteroatoms. The van der Waals surface area contributed by atoms with Crippen LogP contribution in [-0.4, -0.2) is 20.0 Å². The first kappa shape index (κ1) is 11.9. The molecule has 1 aliphatic heterocycles. The predicted molar refractivity (Wildman–Crippen MR) is 59.5 cm³/mol. The molecule has 0 aromatic rings. The molecule has 0 bridgehead atoms. The third-order valence-electron chi connectivity index (χ3n) is 2.68. The van der Waals surface area contributed by atoms with Crippen LogP contribution in [0.2, 0.25) is 10.6 Å². The summed E-state index contributed by atoms with van der Waals surface area (Å²) >= 11 is 5.11. The van der Waals surface area contributed by atoms with Gasteiger partial charge in [-0.1, -0.05) is 61.2 Å². The van der Waals surface area contributed by atoms with Crippen LogP contribution < -0.4 is 0 Å². The van der Waals surface area contributed by atoms with Gasteiger partial charge in [0.2, 0.25) is 0 Å². The predicted octanol–water partition coefficient (Wildman–Crippen LogP) is 3.93. The summed E-state index contributed by atoms with van der Waals surface area (Å²) in [5.74, 6) is 0. The average Bonchev–Trinajstić information content (AvgIpc) is 2.13. The highest BCUT2D eigenvalue weighted by molar-refractivity contribution is 6.52. The lowest BCUT2D eigenvalue weighted by atomic mass is 10.2. The van der Waals surface area contributed by atoms with Crippen molar-refractivity contribution in [2.24, 2.45) is 0 Å². The molecule has 0 spiro atoms. The number of halogens is 1. The topological polar surface area (TPSA) is 9.23 Å². The molecule has 1 rings (SSSR count). The largest absolute Gasteiger partial charge is 0.487 e. The number of hydrogen-bond donors (Lipinski definition) is 0. The van der Waals surface area contributed by atoms with Gasteiger partial charge >= 0.3 is 14.5 Å². The summed E-state index contributed by atoms with van der Waals surface area (Å²) < 4.78 is 5.77. The van der Waals surface area contributed by atoms with Crippen molar-refractivity contribution in [3.8, 4) is 0 Å². The van der Waals surface area contributed by atoms with E-state index in [1.54, 1.807) is 0 Å². The van der Waals surface area contributed by atoms with E-state index in [-0.39, 0.29) is 5.56 Å². The van der Waals surface area contributed by atoms with Gasteiger partial charge in [-0.15, -0.1) is 0 Å². The van der Waals surface area contributed by atoms with E-state index >= 15 is 0 Å². The van der Waals surface area contributed by atoms with E-state index < -0.39 is 14.5 Å². The van der Waals surface area contributed by atoms with Crippen LogP contribution >= 0.6 is 11.6 Å². The van der Waals surface area contributed by atoms with Gasteiger partial charge in [-0.05, 0) is 6.42 Å². The van der Waals surface area contributed by atoms with Gasteiger partial charge in [0.25, 0.3) is 0 Å². The fourth-order valence-electron chi connectivity index (χ4n) is 1.86. The van der Waals surface area contributed by atoms with E-state index in [0.29, 0.717) is 0 Å². The molecule has 1 saturated heterocycles. The molecule has 1 fully saturated rings. The van der Waals surface area contributed by atoms with E-state index in [4.69, 9.17) is 15.4 Å². The van der Waals surface area contributed by atoms with Crippen molar-refractivity contribution in [3.63, 3.8) is 0 Å². The minimum Gasteiger partial charge on any atom is -0.487 e. The second-order valence-corrected chi connectivity index (χ2v) is 7.11. The fraction of sp³-hybridized carbons (Fsp3) is 1.00. The molecule has 0 amide bonds. The lowest BCUT2D eigenvalue weighted by Crippen LogP contribution is -2.27. The van der Waals surface area contributed by atoms with Crippen LogP contribution in [0.15, 0.2) is 0 Å². The first-order chi connectivity index (χ1) is 6.33. The SMILES string of the molecule is CCCCC[CH2][Al]1[CH2]CCC(Cl)[O]1. The van der Waals surface area contributed by atoms with Crippen LogP contribution in [0.5, 0.6) is 0 Å². The Kier molecular flexibility index (Phi) is 6.50. The Morgan fingerprint density at radius 1 is 1.38 bits per heavy atom. The Morgan fingerprint density at radius 2 is 2.23 bits per heavy atom. The number of rotatable bonds is 5. The molecule has 13 heavy (non-hydrogen) atoms. The number of hydrogen-bond acceptors (Lipinski definition) is 1. The van der Waals surface area contributed by atoms with Crippen molar-refractivity contribution >= 4 is 26.1 Å². The average molecular weight is 219 g/mol. The number of alkyl halides is 1. The van der Waals surface area contributed by atoms with Gasteiger partial charge in [0.05, 0.1) is 0 Å². The molecule has 1 nitrogen and oxygen atoms in total. The molecule has 1 atom stereocenters. The van der Waals surface area contributed by atoms with Crippen molar-refractivity contribution in [1.29, 1.82) is 0 Å². The second kappa shape index (κ2) is 7.12. The zero-order chi connectivity index (χ0) is 9.52. The van der Waals surface area contributed by atoms with E-state index in [9.17, 15) is 0 Å². The Morgan fingerprint density at radius 3 is 2.92 bits per heavy atom. The van der Waals surface area contributed by atoms with Gasteiger partial charge in [-0.2, -0.15) is 0 Å². The Hall–Kier alpha value is 0.782. The molecule has 0 aliphatic carbocycles. The lowest BCUT2D eigenvalue weighted by molar-refractivity contribution is 0.246. The van der Waals surface area contributed by atoms with E-state index in [1.807, 2.05) is 0 Å². The molecule has 0 saturated carbocycles. The summed E-state index contributed by atoms with van der Waals surface area (Å²) in [5.41, 5.74) is 0.0524. The first-order valence-corrected chi connectivity index (χ1v) is 8.16. The standard InChI is InChI=1S/C6H13.C4H7ClO.Al/c1-3-5-6-4-2;1-2-3-4(5)6;/h1,3-6H2,2H3;4H,1-3H2;/q;-1;+1. The Labute approximate surface area is 91.5 Å². The van der Waals surface area contributed by atoms with Crippen molar-refractivity contribution in [1.82, 2.24) is 0 Å². The molecule has 1 heterocycles. The molecular formula is C10H20AlClO. The van der Waals surface area contributed by atoms with Crippen LogP contribution in [0.25, 0.3) is 0 Å². The molecule has 0 N–H and O–H groups in total. The summed E-state index contributed by atoms with van der Waals surface area (Å²) in [5, 5.41) is 2.71. The highest BCUT2D eigenvalue weighted by Crippen LogP contribution is 2.23. The summed E-state index contributed by atoms with van der Waals surface area (Å²) in [6, 6.07) is 0. The molecule has 76 valence electrons. The number of unbranched alkanes of at least 4 members (excludes halogenated alkanes) is 3. The summed E-state index contributed by atoms with van der Waals surface area (Å²) in [4.78, 5) is 0. The Balaban J connectivity index is 2.00. The van der Waals surface area contributed by atoms with Crippen molar-refractivity contribution in [3.05, 3.63) is 0 Å². The first-order valence-electron chi connectivity index (χ1n) is 5.62. The third-order valence-corrected chi connectivity index (χ3v) is 5.99. The van der Waals surface area contributed by atoms with Crippen molar-refractivity contribution in [2.45, 2.75) is 61.6 Å². The molecule has 1 aliphatic rings. The smallest absolute Gasteiger partial charge is 0.461 e. The molecular weight excluding hydrogens is 199 g/mol. The lowest BCUT2D eigenvalue weighted by Gasteiger charge is -2.23. The summed E-state index contributed by atoms with van der Waals surface area (Å²) in [6.07, 6.45) is 7.83. The molecule has 0 aromatic heterocycles. The molecule has 1 unspecified atom stereocenters. The van der Waals surface area contributed by atoms with E-state index in [0.717, 1.165) is 6.42 Å². The van der Waals surface area contributed by atoms with E-state index in [2.05, 4.69) is 6.92 Å². The summed E-state index contributed by atoms with van der Waals surface area (Å²) in [7, 11) is 0. The minimum absolute atomic E-state index is 0.0524. The molecule has 0 aromatic carbocycles. The fourth-order valence-corrected chi connectivity index (χ4v) is 5.00. The monoisotopic (exact) mass is 218 g/mol. The van der Waals surface area contributed by atoms with Crippen LogP contribution in [0.1, 0.15) is 45.4 Å². The van der Waals surface area contributed by atoms with Gasteiger partial charge in [-0.3, -0.25) is 0 Å². The van der Waals surface area contributed by atoms with Gasteiger partial charge in [-0.25, -0.2) is 0 Å².